The van der Waals surface area contributed by atoms with Gasteiger partial charge in [0.2, 0.25) is 0 Å². The molecule has 0 aliphatic heterocycles. The first-order chi connectivity index (χ1) is 6.25. The van der Waals surface area contributed by atoms with Crippen LogP contribution in [-0.2, 0) is 24.1 Å². The van der Waals surface area contributed by atoms with Gasteiger partial charge in [0.25, 0.3) is 0 Å². The van der Waals surface area contributed by atoms with Crippen molar-refractivity contribution in [2.75, 3.05) is 0 Å². The van der Waals surface area contributed by atoms with E-state index in [9.17, 15) is 4.79 Å². The Hall–Kier alpha value is -1.05. The first-order valence-corrected chi connectivity index (χ1v) is 4.95. The molecule has 2 nitrogen and oxygen atoms in total. The summed E-state index contributed by atoms with van der Waals surface area (Å²) < 4.78 is 0. The molecule has 1 aliphatic carbocycles. The molecule has 0 spiro atoms. The van der Waals surface area contributed by atoms with Crippen molar-refractivity contribution >= 4 is 5.78 Å². The molecule has 1 aromatic rings. The Labute approximate surface area is 78.4 Å². The van der Waals surface area contributed by atoms with Gasteiger partial charge in [0.1, 0.15) is 5.78 Å². The lowest BCUT2D eigenvalue weighted by Crippen LogP contribution is -2.00. The highest BCUT2D eigenvalue weighted by atomic mass is 16.1. The van der Waals surface area contributed by atoms with E-state index >= 15 is 0 Å². The Balaban J connectivity index is 2.20. The zero-order chi connectivity index (χ0) is 9.26. The maximum Gasteiger partial charge on any atom is 0.135 e. The molecular weight excluding hydrogens is 162 g/mol. The van der Waals surface area contributed by atoms with E-state index in [4.69, 9.17) is 0 Å². The molecule has 1 N–H and O–H groups in total. The van der Waals surface area contributed by atoms with Gasteiger partial charge in [0.05, 0.1) is 0 Å². The summed E-state index contributed by atoms with van der Waals surface area (Å²) in [6.45, 7) is 1.64. The van der Waals surface area contributed by atoms with Crippen molar-refractivity contribution in [1.29, 1.82) is 0 Å². The van der Waals surface area contributed by atoms with Crippen molar-refractivity contribution in [2.45, 2.75) is 39.0 Å². The third kappa shape index (κ3) is 1.82. The minimum absolute atomic E-state index is 0.235. The Morgan fingerprint density at radius 1 is 1.46 bits per heavy atom. The average molecular weight is 177 g/mol. The highest BCUT2D eigenvalue weighted by molar-refractivity contribution is 5.77. The number of hydrogen-bond acceptors (Lipinski definition) is 1. The van der Waals surface area contributed by atoms with E-state index in [1.165, 1.54) is 30.5 Å². The van der Waals surface area contributed by atoms with Crippen molar-refractivity contribution in [2.24, 2.45) is 0 Å². The summed E-state index contributed by atoms with van der Waals surface area (Å²) in [6, 6.07) is 2.16. The van der Waals surface area contributed by atoms with Gasteiger partial charge in [0.15, 0.2) is 0 Å². The summed E-state index contributed by atoms with van der Waals surface area (Å²) in [7, 11) is 0. The van der Waals surface area contributed by atoms with Crippen LogP contribution in [0, 0.1) is 0 Å². The smallest absolute Gasteiger partial charge is 0.135 e. The third-order valence-corrected chi connectivity index (χ3v) is 2.61. The summed E-state index contributed by atoms with van der Waals surface area (Å²) in [4.78, 5) is 14.3. The number of H-pyrrole nitrogens is 1. The van der Waals surface area contributed by atoms with Crippen LogP contribution in [0.1, 0.15) is 36.7 Å². The van der Waals surface area contributed by atoms with E-state index in [1.54, 1.807) is 6.92 Å². The molecule has 0 unspecified atom stereocenters. The zero-order valence-corrected chi connectivity index (χ0v) is 8.02. The largest absolute Gasteiger partial charge is 0.362 e. The number of nitrogens with one attached hydrogen (secondary N) is 1. The van der Waals surface area contributed by atoms with Crippen LogP contribution in [0.4, 0.5) is 0 Å². The molecule has 0 amide bonds. The first kappa shape index (κ1) is 8.54. The number of aromatic amines is 1. The van der Waals surface area contributed by atoms with Crippen molar-refractivity contribution in [3.63, 3.8) is 0 Å². The number of carbonyl (C=O) groups excluding carboxylic acids is 1. The van der Waals surface area contributed by atoms with E-state index in [1.807, 2.05) is 0 Å². The van der Waals surface area contributed by atoms with Gasteiger partial charge >= 0.3 is 0 Å². The lowest BCUT2D eigenvalue weighted by Gasteiger charge is -2.09. The Morgan fingerprint density at radius 3 is 2.92 bits per heavy atom. The molecule has 0 bridgehead atoms. The van der Waals surface area contributed by atoms with Gasteiger partial charge in [-0.3, -0.25) is 4.79 Å². The van der Waals surface area contributed by atoms with Crippen molar-refractivity contribution in [3.8, 4) is 0 Å². The second-order valence-corrected chi connectivity index (χ2v) is 3.88. The van der Waals surface area contributed by atoms with Crippen molar-refractivity contribution in [3.05, 3.63) is 23.0 Å². The van der Waals surface area contributed by atoms with Gasteiger partial charge in [-0.25, -0.2) is 0 Å². The lowest BCUT2D eigenvalue weighted by molar-refractivity contribution is -0.116. The SMILES string of the molecule is CC(=O)Cc1cc2c([nH]1)CCCC2. The summed E-state index contributed by atoms with van der Waals surface area (Å²) in [6.07, 6.45) is 5.49. The average Bonchev–Trinajstić information content (AvgIpc) is 2.44. The Kier molecular flexibility index (Phi) is 2.21. The summed E-state index contributed by atoms with van der Waals surface area (Å²) in [5.41, 5.74) is 3.89. The molecule has 2 rings (SSSR count). The summed E-state index contributed by atoms with van der Waals surface area (Å²) >= 11 is 0. The molecule has 0 radical (unpaired) electrons. The highest BCUT2D eigenvalue weighted by Gasteiger charge is 2.12. The first-order valence-electron chi connectivity index (χ1n) is 4.95. The third-order valence-electron chi connectivity index (χ3n) is 2.61. The molecule has 0 atom stereocenters. The molecule has 2 heteroatoms. The Morgan fingerprint density at radius 2 is 2.23 bits per heavy atom. The fourth-order valence-corrected chi connectivity index (χ4v) is 2.03. The van der Waals surface area contributed by atoms with Gasteiger partial charge in [-0.1, -0.05) is 0 Å². The maximum atomic E-state index is 10.9. The van der Waals surface area contributed by atoms with Crippen LogP contribution in [0.2, 0.25) is 0 Å². The predicted molar refractivity (Wildman–Crippen MR) is 51.8 cm³/mol. The van der Waals surface area contributed by atoms with Gasteiger partial charge in [-0.15, -0.1) is 0 Å². The van der Waals surface area contributed by atoms with Gasteiger partial charge in [0, 0.05) is 17.8 Å². The number of rotatable bonds is 2. The van der Waals surface area contributed by atoms with Crippen molar-refractivity contribution < 1.29 is 4.79 Å². The molecule has 1 aromatic heterocycles. The molecular formula is C11H15NO. The van der Waals surface area contributed by atoms with E-state index in [0.29, 0.717) is 6.42 Å². The van der Waals surface area contributed by atoms with Crippen LogP contribution in [-0.4, -0.2) is 10.8 Å². The number of Topliss-reactive ketones (excluding diaryl/α,β-unsaturated/α-hetero) is 1. The highest BCUT2D eigenvalue weighted by Crippen LogP contribution is 2.21. The number of hydrogen-bond donors (Lipinski definition) is 1. The van der Waals surface area contributed by atoms with Gasteiger partial charge < -0.3 is 4.98 Å². The number of fused-ring (bicyclic) bond motifs is 1. The lowest BCUT2D eigenvalue weighted by atomic mass is 9.98. The summed E-state index contributed by atoms with van der Waals surface area (Å²) in [5.74, 6) is 0.235. The fourth-order valence-electron chi connectivity index (χ4n) is 2.03. The Bertz CT molecular complexity index is 301. The number of aromatic nitrogens is 1. The van der Waals surface area contributed by atoms with Gasteiger partial charge in [-0.2, -0.15) is 0 Å². The summed E-state index contributed by atoms with van der Waals surface area (Å²) in [5, 5.41) is 0. The molecule has 0 fully saturated rings. The zero-order valence-electron chi connectivity index (χ0n) is 8.02. The molecule has 0 aromatic carbocycles. The second-order valence-electron chi connectivity index (χ2n) is 3.88. The van der Waals surface area contributed by atoms with Crippen molar-refractivity contribution in [1.82, 2.24) is 4.98 Å². The quantitative estimate of drug-likeness (QED) is 0.736. The second kappa shape index (κ2) is 3.36. The number of ketones is 1. The van der Waals surface area contributed by atoms with Crippen LogP contribution in [0.3, 0.4) is 0 Å². The van der Waals surface area contributed by atoms with E-state index in [0.717, 1.165) is 12.1 Å². The van der Waals surface area contributed by atoms with Crippen LogP contribution >= 0.6 is 0 Å². The molecule has 0 saturated heterocycles. The number of aryl methyl sites for hydroxylation is 2. The molecule has 13 heavy (non-hydrogen) atoms. The molecule has 1 heterocycles. The maximum absolute atomic E-state index is 10.9. The standard InChI is InChI=1S/C11H15NO/c1-8(13)6-10-7-9-4-2-3-5-11(9)12-10/h7,12H,2-6H2,1H3. The normalized spacial score (nSPS) is 15.5. The van der Waals surface area contributed by atoms with Crippen LogP contribution in [0.15, 0.2) is 6.07 Å². The fraction of sp³-hybridized carbons (Fsp3) is 0.545. The number of carbonyl (C=O) groups is 1. The van der Waals surface area contributed by atoms with Crippen LogP contribution in [0.25, 0.3) is 0 Å². The molecule has 0 saturated carbocycles. The van der Waals surface area contributed by atoms with E-state index in [2.05, 4.69) is 11.1 Å². The molecule has 70 valence electrons. The van der Waals surface area contributed by atoms with Gasteiger partial charge in [-0.05, 0) is 44.2 Å². The van der Waals surface area contributed by atoms with Crippen LogP contribution in [0.5, 0.6) is 0 Å². The minimum Gasteiger partial charge on any atom is -0.362 e. The van der Waals surface area contributed by atoms with E-state index in [-0.39, 0.29) is 5.78 Å². The molecule has 1 aliphatic rings. The van der Waals surface area contributed by atoms with E-state index < -0.39 is 0 Å². The van der Waals surface area contributed by atoms with Crippen LogP contribution < -0.4 is 0 Å². The predicted octanol–water partition coefficient (Wildman–Crippen LogP) is 2.02. The topological polar surface area (TPSA) is 32.9 Å². The monoisotopic (exact) mass is 177 g/mol. The minimum atomic E-state index is 0.235.